The Kier molecular flexibility index (Phi) is 4.25. The Bertz CT molecular complexity index is 515. The quantitative estimate of drug-likeness (QED) is 0.811. The Morgan fingerprint density at radius 1 is 1.17 bits per heavy atom. The second-order valence-electron chi connectivity index (χ2n) is 3.71. The van der Waals surface area contributed by atoms with E-state index in [1.54, 1.807) is 13.3 Å². The number of nitrogens with zero attached hydrogens (tertiary/aromatic N) is 2. The highest BCUT2D eigenvalue weighted by molar-refractivity contribution is 5.63. The molecule has 0 unspecified atom stereocenters. The molecule has 1 aromatic heterocycles. The highest BCUT2D eigenvalue weighted by Crippen LogP contribution is 2.26. The van der Waals surface area contributed by atoms with Gasteiger partial charge in [0.05, 0.1) is 25.0 Å². The molecule has 0 saturated carbocycles. The molecular weight excluding hydrogens is 228 g/mol. The standard InChI is InChI=1S/C14H16N2O2/c1-3-18-10-11-8-9-15-14(16-11)12-6-4-5-7-13(12)17-2/h4-9H,3,10H2,1-2H3. The molecule has 0 spiro atoms. The smallest absolute Gasteiger partial charge is 0.163 e. The maximum absolute atomic E-state index is 5.35. The highest BCUT2D eigenvalue weighted by atomic mass is 16.5. The van der Waals surface area contributed by atoms with Crippen molar-refractivity contribution in [1.82, 2.24) is 9.97 Å². The van der Waals surface area contributed by atoms with Gasteiger partial charge in [0.1, 0.15) is 5.75 Å². The number of para-hydroxylation sites is 1. The van der Waals surface area contributed by atoms with Crippen LogP contribution in [-0.4, -0.2) is 23.7 Å². The second kappa shape index (κ2) is 6.12. The first-order valence-electron chi connectivity index (χ1n) is 5.88. The zero-order valence-electron chi connectivity index (χ0n) is 10.6. The van der Waals surface area contributed by atoms with Gasteiger partial charge in [-0.1, -0.05) is 12.1 Å². The van der Waals surface area contributed by atoms with Gasteiger partial charge in [-0.15, -0.1) is 0 Å². The van der Waals surface area contributed by atoms with Crippen LogP contribution in [0.15, 0.2) is 36.5 Å². The third-order valence-corrected chi connectivity index (χ3v) is 2.52. The Morgan fingerprint density at radius 3 is 2.78 bits per heavy atom. The number of ether oxygens (including phenoxy) is 2. The molecule has 0 aliphatic rings. The first-order chi connectivity index (χ1) is 8.85. The van der Waals surface area contributed by atoms with E-state index in [2.05, 4.69) is 9.97 Å². The molecule has 0 radical (unpaired) electrons. The van der Waals surface area contributed by atoms with Crippen LogP contribution in [0.1, 0.15) is 12.6 Å². The molecule has 2 rings (SSSR count). The molecule has 0 amide bonds. The molecule has 0 aliphatic heterocycles. The Balaban J connectivity index is 2.32. The van der Waals surface area contributed by atoms with Crippen molar-refractivity contribution in [2.75, 3.05) is 13.7 Å². The average Bonchev–Trinajstić information content (AvgIpc) is 2.45. The maximum Gasteiger partial charge on any atom is 0.163 e. The SMILES string of the molecule is CCOCc1ccnc(-c2ccccc2OC)n1. The van der Waals surface area contributed by atoms with E-state index < -0.39 is 0 Å². The molecule has 0 atom stereocenters. The van der Waals surface area contributed by atoms with Gasteiger partial charge >= 0.3 is 0 Å². The van der Waals surface area contributed by atoms with Gasteiger partial charge in [0, 0.05) is 12.8 Å². The fourth-order valence-corrected chi connectivity index (χ4v) is 1.64. The molecule has 1 heterocycles. The Hall–Kier alpha value is -1.94. The fourth-order valence-electron chi connectivity index (χ4n) is 1.64. The summed E-state index contributed by atoms with van der Waals surface area (Å²) in [6, 6.07) is 9.56. The number of rotatable bonds is 5. The van der Waals surface area contributed by atoms with Gasteiger partial charge in [0.2, 0.25) is 0 Å². The van der Waals surface area contributed by atoms with E-state index in [0.717, 1.165) is 17.0 Å². The van der Waals surface area contributed by atoms with Gasteiger partial charge in [-0.25, -0.2) is 9.97 Å². The summed E-state index contributed by atoms with van der Waals surface area (Å²) in [6.45, 7) is 3.14. The van der Waals surface area contributed by atoms with Gasteiger partial charge < -0.3 is 9.47 Å². The zero-order valence-corrected chi connectivity index (χ0v) is 10.6. The monoisotopic (exact) mass is 244 g/mol. The summed E-state index contributed by atoms with van der Waals surface area (Å²) >= 11 is 0. The van der Waals surface area contributed by atoms with Crippen molar-refractivity contribution in [2.45, 2.75) is 13.5 Å². The van der Waals surface area contributed by atoms with Crippen molar-refractivity contribution in [3.05, 3.63) is 42.2 Å². The number of aromatic nitrogens is 2. The summed E-state index contributed by atoms with van der Waals surface area (Å²) in [6.07, 6.45) is 1.74. The minimum Gasteiger partial charge on any atom is -0.496 e. The van der Waals surface area contributed by atoms with Crippen LogP contribution in [0, 0.1) is 0 Å². The van der Waals surface area contributed by atoms with Gasteiger partial charge in [-0.05, 0) is 25.1 Å². The van der Waals surface area contributed by atoms with E-state index in [-0.39, 0.29) is 0 Å². The molecule has 0 fully saturated rings. The first kappa shape index (κ1) is 12.5. The summed E-state index contributed by atoms with van der Waals surface area (Å²) in [7, 11) is 1.64. The lowest BCUT2D eigenvalue weighted by Crippen LogP contribution is -1.99. The van der Waals surface area contributed by atoms with Crippen LogP contribution in [0.4, 0.5) is 0 Å². The van der Waals surface area contributed by atoms with Crippen LogP contribution in [0.25, 0.3) is 11.4 Å². The molecule has 1 aromatic carbocycles. The molecule has 0 bridgehead atoms. The lowest BCUT2D eigenvalue weighted by Gasteiger charge is -2.08. The van der Waals surface area contributed by atoms with Crippen LogP contribution in [0.3, 0.4) is 0 Å². The van der Waals surface area contributed by atoms with Crippen LogP contribution in [0.2, 0.25) is 0 Å². The molecule has 2 aromatic rings. The molecule has 18 heavy (non-hydrogen) atoms. The maximum atomic E-state index is 5.35. The minimum atomic E-state index is 0.501. The van der Waals surface area contributed by atoms with Crippen molar-refractivity contribution in [1.29, 1.82) is 0 Å². The van der Waals surface area contributed by atoms with Crippen LogP contribution in [-0.2, 0) is 11.3 Å². The average molecular weight is 244 g/mol. The van der Waals surface area contributed by atoms with Gasteiger partial charge in [-0.3, -0.25) is 0 Å². The van der Waals surface area contributed by atoms with Crippen molar-refractivity contribution >= 4 is 0 Å². The Morgan fingerprint density at radius 2 is 2.00 bits per heavy atom. The third kappa shape index (κ3) is 2.84. The highest BCUT2D eigenvalue weighted by Gasteiger charge is 2.08. The topological polar surface area (TPSA) is 44.2 Å². The largest absolute Gasteiger partial charge is 0.496 e. The summed E-state index contributed by atoms with van der Waals surface area (Å²) in [5.41, 5.74) is 1.76. The molecule has 0 saturated heterocycles. The van der Waals surface area contributed by atoms with Crippen LogP contribution < -0.4 is 4.74 Å². The molecule has 0 N–H and O–H groups in total. The Labute approximate surface area is 107 Å². The normalized spacial score (nSPS) is 10.3. The van der Waals surface area contributed by atoms with E-state index in [0.29, 0.717) is 19.0 Å². The number of hydrogen-bond donors (Lipinski definition) is 0. The second-order valence-corrected chi connectivity index (χ2v) is 3.71. The zero-order chi connectivity index (χ0) is 12.8. The molecular formula is C14H16N2O2. The fraction of sp³-hybridized carbons (Fsp3) is 0.286. The molecule has 4 nitrogen and oxygen atoms in total. The first-order valence-corrected chi connectivity index (χ1v) is 5.88. The summed E-state index contributed by atoms with van der Waals surface area (Å²) in [5, 5.41) is 0. The summed E-state index contributed by atoms with van der Waals surface area (Å²) in [4.78, 5) is 8.75. The van der Waals surface area contributed by atoms with Crippen LogP contribution >= 0.6 is 0 Å². The molecule has 0 aliphatic carbocycles. The predicted octanol–water partition coefficient (Wildman–Crippen LogP) is 2.69. The number of methoxy groups -OCH3 is 1. The third-order valence-electron chi connectivity index (χ3n) is 2.52. The van der Waals surface area contributed by atoms with Crippen LogP contribution in [0.5, 0.6) is 5.75 Å². The number of hydrogen-bond acceptors (Lipinski definition) is 4. The lowest BCUT2D eigenvalue weighted by molar-refractivity contribution is 0.131. The van der Waals surface area contributed by atoms with E-state index in [1.807, 2.05) is 37.3 Å². The van der Waals surface area contributed by atoms with Gasteiger partial charge in [0.25, 0.3) is 0 Å². The van der Waals surface area contributed by atoms with Gasteiger partial charge in [-0.2, -0.15) is 0 Å². The van der Waals surface area contributed by atoms with Crippen molar-refractivity contribution in [3.8, 4) is 17.1 Å². The van der Waals surface area contributed by atoms with Crippen molar-refractivity contribution < 1.29 is 9.47 Å². The van der Waals surface area contributed by atoms with Gasteiger partial charge in [0.15, 0.2) is 5.82 Å². The van der Waals surface area contributed by atoms with E-state index >= 15 is 0 Å². The predicted molar refractivity (Wildman–Crippen MR) is 69.4 cm³/mol. The number of benzene rings is 1. The van der Waals surface area contributed by atoms with E-state index in [9.17, 15) is 0 Å². The summed E-state index contributed by atoms with van der Waals surface area (Å²) in [5.74, 6) is 1.43. The van der Waals surface area contributed by atoms with E-state index in [4.69, 9.17) is 9.47 Å². The van der Waals surface area contributed by atoms with E-state index in [1.165, 1.54) is 0 Å². The minimum absolute atomic E-state index is 0.501. The molecule has 4 heteroatoms. The lowest BCUT2D eigenvalue weighted by atomic mass is 10.2. The summed E-state index contributed by atoms with van der Waals surface area (Å²) < 4.78 is 10.7. The van der Waals surface area contributed by atoms with Crippen molar-refractivity contribution in [3.63, 3.8) is 0 Å². The van der Waals surface area contributed by atoms with Crippen molar-refractivity contribution in [2.24, 2.45) is 0 Å². The molecule has 94 valence electrons.